The van der Waals surface area contributed by atoms with E-state index in [4.69, 9.17) is 4.74 Å². The van der Waals surface area contributed by atoms with Crippen molar-refractivity contribution in [2.45, 2.75) is 20.8 Å². The number of ether oxygens (including phenoxy) is 1. The van der Waals surface area contributed by atoms with Crippen LogP contribution in [0.15, 0.2) is 67.0 Å². The minimum absolute atomic E-state index is 0.805. The average molecular weight is 355 g/mol. The van der Waals surface area contributed by atoms with Crippen molar-refractivity contribution < 1.29 is 4.74 Å². The fraction of sp³-hybridized carbons (Fsp3) is 0.130. The number of nitrogens with zero attached hydrogens (tertiary/aromatic N) is 2. The first kappa shape index (κ1) is 17.0. The van der Waals surface area contributed by atoms with Crippen LogP contribution in [0, 0.1) is 20.8 Å². The maximum atomic E-state index is 5.96. The van der Waals surface area contributed by atoms with Gasteiger partial charge in [0.1, 0.15) is 23.6 Å². The molecule has 0 amide bonds. The lowest BCUT2D eigenvalue weighted by atomic mass is 10.1. The van der Waals surface area contributed by atoms with Crippen molar-refractivity contribution in [1.82, 2.24) is 9.97 Å². The second kappa shape index (κ2) is 7.08. The van der Waals surface area contributed by atoms with Gasteiger partial charge in [0.25, 0.3) is 0 Å². The first-order valence-electron chi connectivity index (χ1n) is 8.93. The summed E-state index contributed by atoms with van der Waals surface area (Å²) in [5.41, 5.74) is 5.41. The Balaban J connectivity index is 1.63. The minimum Gasteiger partial charge on any atom is -0.457 e. The summed E-state index contributed by atoms with van der Waals surface area (Å²) < 4.78 is 5.96. The third kappa shape index (κ3) is 3.60. The quantitative estimate of drug-likeness (QED) is 0.481. The Labute approximate surface area is 158 Å². The summed E-state index contributed by atoms with van der Waals surface area (Å²) in [6.07, 6.45) is 1.60. The molecule has 4 aromatic rings. The summed E-state index contributed by atoms with van der Waals surface area (Å²) in [6, 6.07) is 20.1. The van der Waals surface area contributed by atoms with E-state index >= 15 is 0 Å². The Bertz CT molecular complexity index is 1110. The monoisotopic (exact) mass is 355 g/mol. The zero-order valence-corrected chi connectivity index (χ0v) is 15.7. The van der Waals surface area contributed by atoms with Crippen LogP contribution in [0.4, 0.5) is 11.5 Å². The van der Waals surface area contributed by atoms with Gasteiger partial charge in [-0.2, -0.15) is 0 Å². The van der Waals surface area contributed by atoms with Gasteiger partial charge in [-0.1, -0.05) is 18.2 Å². The molecule has 1 heterocycles. The molecule has 0 saturated carbocycles. The predicted octanol–water partition coefficient (Wildman–Crippen LogP) is 6.09. The summed E-state index contributed by atoms with van der Waals surface area (Å²) in [6.45, 7) is 6.24. The number of rotatable bonds is 4. The van der Waals surface area contributed by atoms with E-state index in [0.717, 1.165) is 39.5 Å². The number of aromatic nitrogens is 2. The van der Waals surface area contributed by atoms with Gasteiger partial charge in [0, 0.05) is 11.1 Å². The smallest absolute Gasteiger partial charge is 0.141 e. The molecule has 4 heteroatoms. The molecule has 0 aliphatic carbocycles. The van der Waals surface area contributed by atoms with E-state index in [1.807, 2.05) is 49.4 Å². The summed E-state index contributed by atoms with van der Waals surface area (Å²) in [7, 11) is 0. The lowest BCUT2D eigenvalue weighted by Gasteiger charge is -2.13. The van der Waals surface area contributed by atoms with Crippen molar-refractivity contribution in [2.24, 2.45) is 0 Å². The van der Waals surface area contributed by atoms with E-state index in [9.17, 15) is 0 Å². The fourth-order valence-corrected chi connectivity index (χ4v) is 3.01. The van der Waals surface area contributed by atoms with Crippen LogP contribution in [-0.2, 0) is 0 Å². The number of para-hydroxylation sites is 1. The Hall–Kier alpha value is -3.40. The normalized spacial score (nSPS) is 10.8. The molecule has 0 atom stereocenters. The Morgan fingerprint density at radius 1 is 0.778 bits per heavy atom. The molecule has 0 radical (unpaired) electrons. The van der Waals surface area contributed by atoms with E-state index in [2.05, 4.69) is 47.3 Å². The number of benzene rings is 3. The van der Waals surface area contributed by atoms with Gasteiger partial charge in [0.15, 0.2) is 0 Å². The molecule has 0 spiro atoms. The molecule has 0 aliphatic rings. The zero-order chi connectivity index (χ0) is 18.8. The van der Waals surface area contributed by atoms with Crippen molar-refractivity contribution >= 4 is 22.4 Å². The van der Waals surface area contributed by atoms with Gasteiger partial charge in [0.05, 0.1) is 5.52 Å². The molecule has 4 rings (SSSR count). The van der Waals surface area contributed by atoms with Crippen LogP contribution in [0.25, 0.3) is 10.9 Å². The van der Waals surface area contributed by atoms with E-state index in [0.29, 0.717) is 0 Å². The Morgan fingerprint density at radius 2 is 1.56 bits per heavy atom. The second-order valence-electron chi connectivity index (χ2n) is 6.70. The topological polar surface area (TPSA) is 47.0 Å². The molecule has 3 aromatic carbocycles. The van der Waals surface area contributed by atoms with E-state index in [1.54, 1.807) is 6.33 Å². The molecule has 0 aliphatic heterocycles. The Morgan fingerprint density at radius 3 is 2.33 bits per heavy atom. The van der Waals surface area contributed by atoms with Gasteiger partial charge in [-0.15, -0.1) is 0 Å². The maximum Gasteiger partial charge on any atom is 0.141 e. The van der Waals surface area contributed by atoms with Crippen LogP contribution < -0.4 is 10.1 Å². The van der Waals surface area contributed by atoms with E-state index in [1.165, 1.54) is 11.1 Å². The molecule has 0 saturated heterocycles. The number of aryl methyl sites for hydroxylation is 3. The van der Waals surface area contributed by atoms with Crippen molar-refractivity contribution in [3.63, 3.8) is 0 Å². The summed E-state index contributed by atoms with van der Waals surface area (Å²) in [4.78, 5) is 8.83. The van der Waals surface area contributed by atoms with Crippen LogP contribution in [-0.4, -0.2) is 9.97 Å². The number of anilines is 2. The molecule has 0 bridgehead atoms. The van der Waals surface area contributed by atoms with E-state index in [-0.39, 0.29) is 0 Å². The maximum absolute atomic E-state index is 5.96. The third-order valence-electron chi connectivity index (χ3n) is 4.66. The van der Waals surface area contributed by atoms with E-state index < -0.39 is 0 Å². The highest BCUT2D eigenvalue weighted by atomic mass is 16.5. The molecule has 134 valence electrons. The molecular weight excluding hydrogens is 334 g/mol. The van der Waals surface area contributed by atoms with Gasteiger partial charge in [-0.25, -0.2) is 9.97 Å². The lowest BCUT2D eigenvalue weighted by Crippen LogP contribution is -1.98. The number of nitrogens with one attached hydrogen (secondary N) is 1. The van der Waals surface area contributed by atoms with Crippen molar-refractivity contribution in [2.75, 3.05) is 5.32 Å². The SMILES string of the molecule is Cc1cc2ncnc(Nc3ccc(Oc4ccccc4)c(C)c3)c2cc1C. The summed E-state index contributed by atoms with van der Waals surface area (Å²) >= 11 is 0. The van der Waals surface area contributed by atoms with Crippen molar-refractivity contribution in [3.8, 4) is 11.5 Å². The van der Waals surface area contributed by atoms with Crippen LogP contribution in [0.3, 0.4) is 0 Å². The molecule has 4 nitrogen and oxygen atoms in total. The predicted molar refractivity (Wildman–Crippen MR) is 110 cm³/mol. The fourth-order valence-electron chi connectivity index (χ4n) is 3.01. The highest BCUT2D eigenvalue weighted by molar-refractivity contribution is 5.91. The van der Waals surface area contributed by atoms with Gasteiger partial charge in [-0.05, 0) is 79.9 Å². The van der Waals surface area contributed by atoms with Crippen LogP contribution in [0.5, 0.6) is 11.5 Å². The van der Waals surface area contributed by atoms with Crippen molar-refractivity contribution in [1.29, 1.82) is 0 Å². The zero-order valence-electron chi connectivity index (χ0n) is 15.7. The van der Waals surface area contributed by atoms with Crippen LogP contribution >= 0.6 is 0 Å². The molecule has 0 fully saturated rings. The van der Waals surface area contributed by atoms with Gasteiger partial charge in [0.2, 0.25) is 0 Å². The Kier molecular flexibility index (Phi) is 4.47. The standard InChI is InChI=1S/C23H21N3O/c1-15-12-20-21(13-16(15)2)24-14-25-23(20)26-18-9-10-22(17(3)11-18)27-19-7-5-4-6-8-19/h4-14H,1-3H3,(H,24,25,26). The summed E-state index contributed by atoms with van der Waals surface area (Å²) in [5.74, 6) is 2.47. The van der Waals surface area contributed by atoms with Gasteiger partial charge < -0.3 is 10.1 Å². The van der Waals surface area contributed by atoms with Crippen LogP contribution in [0.2, 0.25) is 0 Å². The first-order valence-corrected chi connectivity index (χ1v) is 8.93. The second-order valence-corrected chi connectivity index (χ2v) is 6.70. The largest absolute Gasteiger partial charge is 0.457 e. The minimum atomic E-state index is 0.805. The van der Waals surface area contributed by atoms with Gasteiger partial charge >= 0.3 is 0 Å². The van der Waals surface area contributed by atoms with Gasteiger partial charge in [-0.3, -0.25) is 0 Å². The lowest BCUT2D eigenvalue weighted by molar-refractivity contribution is 0.479. The number of fused-ring (bicyclic) bond motifs is 1. The molecule has 1 N–H and O–H groups in total. The molecule has 27 heavy (non-hydrogen) atoms. The number of hydrogen-bond acceptors (Lipinski definition) is 4. The highest BCUT2D eigenvalue weighted by Gasteiger charge is 2.08. The highest BCUT2D eigenvalue weighted by Crippen LogP contribution is 2.30. The first-order chi connectivity index (χ1) is 13.1. The molecule has 1 aromatic heterocycles. The molecule has 0 unspecified atom stereocenters. The molecular formula is C23H21N3O. The third-order valence-corrected chi connectivity index (χ3v) is 4.66. The average Bonchev–Trinajstić information content (AvgIpc) is 2.66. The van der Waals surface area contributed by atoms with Crippen LogP contribution in [0.1, 0.15) is 16.7 Å². The van der Waals surface area contributed by atoms with Crippen molar-refractivity contribution in [3.05, 3.63) is 83.7 Å². The number of hydrogen-bond donors (Lipinski definition) is 1. The summed E-state index contributed by atoms with van der Waals surface area (Å²) in [5, 5.41) is 4.44.